The zero-order chi connectivity index (χ0) is 21.2. The normalized spacial score (nSPS) is 14.8. The Morgan fingerprint density at radius 2 is 1.90 bits per heavy atom. The van der Waals surface area contributed by atoms with Crippen LogP contribution in [0.25, 0.3) is 22.2 Å². The summed E-state index contributed by atoms with van der Waals surface area (Å²) in [5.74, 6) is 0.419. The van der Waals surface area contributed by atoms with E-state index in [-0.39, 0.29) is 11.5 Å². The van der Waals surface area contributed by atoms with Crippen LogP contribution in [0.15, 0.2) is 72.2 Å². The maximum absolute atomic E-state index is 13.0. The average Bonchev–Trinajstić information content (AvgIpc) is 3.30. The third-order valence-corrected chi connectivity index (χ3v) is 6.04. The molecule has 1 N–H and O–H groups in total. The predicted molar refractivity (Wildman–Crippen MR) is 119 cm³/mol. The minimum absolute atomic E-state index is 0.0561. The van der Waals surface area contributed by atoms with Crippen LogP contribution in [-0.4, -0.2) is 43.4 Å². The summed E-state index contributed by atoms with van der Waals surface area (Å²) in [6.07, 6.45) is 8.60. The van der Waals surface area contributed by atoms with E-state index in [1.165, 1.54) is 0 Å². The molecule has 0 bridgehead atoms. The Morgan fingerprint density at radius 3 is 2.68 bits per heavy atom. The molecule has 4 aromatic rings. The number of aromatic nitrogens is 4. The summed E-state index contributed by atoms with van der Waals surface area (Å²) in [5, 5.41) is 0.960. The van der Waals surface area contributed by atoms with E-state index in [0.717, 1.165) is 34.9 Å². The lowest BCUT2D eigenvalue weighted by atomic mass is 9.96. The Bertz CT molecular complexity index is 1270. The van der Waals surface area contributed by atoms with Gasteiger partial charge in [-0.15, -0.1) is 0 Å². The number of carbonyl (C=O) groups is 1. The Morgan fingerprint density at radius 1 is 1.10 bits per heavy atom. The number of fused-ring (bicyclic) bond motifs is 1. The number of carbonyl (C=O) groups excluding carboxylic acids is 1. The van der Waals surface area contributed by atoms with Crippen molar-refractivity contribution in [3.05, 3.63) is 83.3 Å². The molecule has 1 saturated heterocycles. The van der Waals surface area contributed by atoms with Gasteiger partial charge in [0.1, 0.15) is 0 Å². The van der Waals surface area contributed by atoms with Crippen LogP contribution in [0.3, 0.4) is 0 Å². The van der Waals surface area contributed by atoms with Gasteiger partial charge < -0.3 is 9.88 Å². The monoisotopic (exact) mass is 413 g/mol. The fourth-order valence-corrected chi connectivity index (χ4v) is 4.28. The molecular formula is C24H23N5O2. The van der Waals surface area contributed by atoms with Crippen molar-refractivity contribution in [2.45, 2.75) is 19.4 Å². The number of rotatable bonds is 4. The van der Waals surface area contributed by atoms with Crippen LogP contribution in [0.1, 0.15) is 23.2 Å². The Balaban J connectivity index is 1.24. The first-order valence-corrected chi connectivity index (χ1v) is 10.5. The van der Waals surface area contributed by atoms with Gasteiger partial charge in [-0.25, -0.2) is 4.98 Å². The third-order valence-electron chi connectivity index (χ3n) is 6.04. The number of hydrogen-bond donors (Lipinski definition) is 1. The molecule has 1 aliphatic rings. The van der Waals surface area contributed by atoms with E-state index in [1.807, 2.05) is 47.5 Å². The van der Waals surface area contributed by atoms with Crippen molar-refractivity contribution in [3.8, 4) is 11.3 Å². The van der Waals surface area contributed by atoms with E-state index in [0.29, 0.717) is 31.2 Å². The van der Waals surface area contributed by atoms with Gasteiger partial charge in [-0.3, -0.25) is 19.1 Å². The molecule has 1 amide bonds. The fourth-order valence-electron chi connectivity index (χ4n) is 4.28. The van der Waals surface area contributed by atoms with E-state index in [1.54, 1.807) is 29.4 Å². The number of likely N-dealkylation sites (tertiary alicyclic amines) is 1. The predicted octanol–water partition coefficient (Wildman–Crippen LogP) is 3.34. The Hall–Kier alpha value is -3.74. The highest BCUT2D eigenvalue weighted by Crippen LogP contribution is 2.24. The van der Waals surface area contributed by atoms with E-state index < -0.39 is 0 Å². The van der Waals surface area contributed by atoms with Crippen LogP contribution in [0.2, 0.25) is 0 Å². The van der Waals surface area contributed by atoms with Crippen molar-refractivity contribution in [3.63, 3.8) is 0 Å². The van der Waals surface area contributed by atoms with Crippen LogP contribution in [0.4, 0.5) is 0 Å². The number of H-pyrrole nitrogens is 1. The SMILES string of the molecule is O=C(c1cccc2[nH]ccc12)N1CCC(Cn2cnc(-c3ccncc3)cc2=O)CC1. The van der Waals surface area contributed by atoms with E-state index in [4.69, 9.17) is 0 Å². The van der Waals surface area contributed by atoms with Crippen LogP contribution < -0.4 is 5.56 Å². The number of benzene rings is 1. The molecule has 0 aliphatic carbocycles. The van der Waals surface area contributed by atoms with Gasteiger partial charge in [-0.1, -0.05) is 6.07 Å². The van der Waals surface area contributed by atoms with Crippen molar-refractivity contribution in [2.24, 2.45) is 5.92 Å². The summed E-state index contributed by atoms with van der Waals surface area (Å²) < 4.78 is 1.67. The smallest absolute Gasteiger partial charge is 0.254 e. The summed E-state index contributed by atoms with van der Waals surface area (Å²) >= 11 is 0. The van der Waals surface area contributed by atoms with Crippen LogP contribution in [-0.2, 0) is 6.54 Å². The number of hydrogen-bond acceptors (Lipinski definition) is 4. The average molecular weight is 413 g/mol. The molecule has 1 fully saturated rings. The second-order valence-electron chi connectivity index (χ2n) is 7.98. The summed E-state index contributed by atoms with van der Waals surface area (Å²) in [6, 6.07) is 13.0. The largest absolute Gasteiger partial charge is 0.361 e. The Labute approximate surface area is 179 Å². The van der Waals surface area contributed by atoms with E-state index in [2.05, 4.69) is 15.0 Å². The van der Waals surface area contributed by atoms with Crippen molar-refractivity contribution in [2.75, 3.05) is 13.1 Å². The van der Waals surface area contributed by atoms with Gasteiger partial charge in [-0.2, -0.15) is 0 Å². The maximum atomic E-state index is 13.0. The van der Waals surface area contributed by atoms with Crippen LogP contribution in [0.5, 0.6) is 0 Å². The molecule has 7 heteroatoms. The first-order chi connectivity index (χ1) is 15.2. The first-order valence-electron chi connectivity index (χ1n) is 10.5. The zero-order valence-corrected chi connectivity index (χ0v) is 17.1. The number of nitrogens with one attached hydrogen (secondary N) is 1. The van der Waals surface area contributed by atoms with Gasteiger partial charge >= 0.3 is 0 Å². The van der Waals surface area contributed by atoms with Gasteiger partial charge in [-0.05, 0) is 49.1 Å². The number of pyridine rings is 1. The summed E-state index contributed by atoms with van der Waals surface area (Å²) in [6.45, 7) is 2.01. The maximum Gasteiger partial charge on any atom is 0.254 e. The summed E-state index contributed by atoms with van der Waals surface area (Å²) in [5.41, 5.74) is 3.19. The van der Waals surface area contributed by atoms with Gasteiger partial charge in [0.05, 0.1) is 12.0 Å². The molecule has 5 rings (SSSR count). The van der Waals surface area contributed by atoms with Crippen LogP contribution >= 0.6 is 0 Å². The van der Waals surface area contributed by atoms with E-state index in [9.17, 15) is 9.59 Å². The van der Waals surface area contributed by atoms with Crippen molar-refractivity contribution < 1.29 is 4.79 Å². The number of amides is 1. The lowest BCUT2D eigenvalue weighted by Gasteiger charge is -2.32. The second-order valence-corrected chi connectivity index (χ2v) is 7.98. The fraction of sp³-hybridized carbons (Fsp3) is 0.250. The summed E-state index contributed by atoms with van der Waals surface area (Å²) in [7, 11) is 0. The molecule has 1 aromatic carbocycles. The molecule has 0 radical (unpaired) electrons. The number of piperidine rings is 1. The second kappa shape index (κ2) is 8.18. The van der Waals surface area contributed by atoms with Crippen molar-refractivity contribution >= 4 is 16.8 Å². The molecule has 156 valence electrons. The number of nitrogens with zero attached hydrogens (tertiary/aromatic N) is 4. The summed E-state index contributed by atoms with van der Waals surface area (Å²) in [4.78, 5) is 39.2. The lowest BCUT2D eigenvalue weighted by Crippen LogP contribution is -2.40. The molecule has 1 aliphatic heterocycles. The zero-order valence-electron chi connectivity index (χ0n) is 17.1. The highest BCUT2D eigenvalue weighted by Gasteiger charge is 2.25. The molecule has 0 atom stereocenters. The van der Waals surface area contributed by atoms with Gasteiger partial charge in [0.25, 0.3) is 11.5 Å². The molecule has 0 saturated carbocycles. The van der Waals surface area contributed by atoms with Gasteiger partial charge in [0.2, 0.25) is 0 Å². The minimum Gasteiger partial charge on any atom is -0.361 e. The molecule has 4 heterocycles. The van der Waals surface area contributed by atoms with Gasteiger partial charge in [0, 0.05) is 66.3 Å². The molecule has 0 spiro atoms. The third kappa shape index (κ3) is 3.86. The van der Waals surface area contributed by atoms with Crippen LogP contribution in [0, 0.1) is 5.92 Å². The highest BCUT2D eigenvalue weighted by atomic mass is 16.2. The minimum atomic E-state index is -0.0561. The van der Waals surface area contributed by atoms with Gasteiger partial charge in [0.15, 0.2) is 0 Å². The first kappa shape index (κ1) is 19.2. The van der Waals surface area contributed by atoms with E-state index >= 15 is 0 Å². The van der Waals surface area contributed by atoms with Crippen molar-refractivity contribution in [1.82, 2.24) is 24.4 Å². The molecular weight excluding hydrogens is 390 g/mol. The molecule has 3 aromatic heterocycles. The number of aromatic amines is 1. The molecule has 0 unspecified atom stereocenters. The Kier molecular flexibility index (Phi) is 5.08. The highest BCUT2D eigenvalue weighted by molar-refractivity contribution is 6.06. The quantitative estimate of drug-likeness (QED) is 0.556. The standard InChI is InChI=1S/C24H23N5O2/c30-23-14-22(18-4-9-25-10-5-18)27-16-29(23)15-17-7-12-28(13-8-17)24(31)20-2-1-3-21-19(20)6-11-26-21/h1-6,9-11,14,16-17,26H,7-8,12-13,15H2. The molecule has 31 heavy (non-hydrogen) atoms. The lowest BCUT2D eigenvalue weighted by molar-refractivity contribution is 0.0684. The molecule has 7 nitrogen and oxygen atoms in total. The topological polar surface area (TPSA) is 83.9 Å². The van der Waals surface area contributed by atoms with Crippen molar-refractivity contribution in [1.29, 1.82) is 0 Å².